The van der Waals surface area contributed by atoms with Crippen LogP contribution >= 0.6 is 0 Å². The number of hydrogen-bond donors (Lipinski definition) is 0. The second-order valence-corrected chi connectivity index (χ2v) is 3.07. The summed E-state index contributed by atoms with van der Waals surface area (Å²) in [5.74, 6) is 0. The highest BCUT2D eigenvalue weighted by molar-refractivity contribution is 5.22. The predicted octanol–water partition coefficient (Wildman–Crippen LogP) is 2.87. The molecule has 1 nitrogen and oxygen atoms in total. The van der Waals surface area contributed by atoms with Crippen molar-refractivity contribution in [1.29, 1.82) is 0 Å². The smallest absolute Gasteiger partial charge is 0.0552 e. The molecule has 0 amide bonds. The van der Waals surface area contributed by atoms with Gasteiger partial charge in [-0.3, -0.25) is 4.90 Å². The molecule has 1 rings (SSSR count). The summed E-state index contributed by atoms with van der Waals surface area (Å²) in [6.45, 7) is 11.3. The van der Waals surface area contributed by atoms with E-state index in [1.807, 2.05) is 30.4 Å². The van der Waals surface area contributed by atoms with Gasteiger partial charge in [0.2, 0.25) is 0 Å². The van der Waals surface area contributed by atoms with Gasteiger partial charge in [0.1, 0.15) is 0 Å². The maximum absolute atomic E-state index is 3.73. The third-order valence-electron chi connectivity index (χ3n) is 1.86. The molecular weight excluding hydrogens is 170 g/mol. The van der Waals surface area contributed by atoms with Gasteiger partial charge in [0.15, 0.2) is 0 Å². The monoisotopic (exact) mass is 186 g/mol. The summed E-state index contributed by atoms with van der Waals surface area (Å²) in [4.78, 5) is 2.16. The molecule has 0 fully saturated rings. The average molecular weight is 186 g/mol. The van der Waals surface area contributed by atoms with E-state index in [1.165, 1.54) is 5.56 Å². The molecule has 1 heteroatoms. The molecule has 1 aromatic carbocycles. The van der Waals surface area contributed by atoms with Crippen LogP contribution in [0.2, 0.25) is 0 Å². The third kappa shape index (κ3) is 3.58. The Bertz CT molecular complexity index is 267. The summed E-state index contributed by atoms with van der Waals surface area (Å²) in [6, 6.07) is 10.2. The highest BCUT2D eigenvalue weighted by Gasteiger charge is 2.01. The predicted molar refractivity (Wildman–Crippen MR) is 61.8 cm³/mol. The number of benzene rings is 1. The Hall–Kier alpha value is -1.34. The molecule has 0 heterocycles. The molecule has 0 N–H and O–H groups in total. The van der Waals surface area contributed by atoms with E-state index in [-0.39, 0.29) is 0 Å². The Labute approximate surface area is 86.4 Å². The first kappa shape index (κ1) is 10.7. The van der Waals surface area contributed by atoms with Crippen LogP contribution in [-0.2, 0) is 0 Å². The van der Waals surface area contributed by atoms with Crippen LogP contribution in [0.1, 0.15) is 5.56 Å². The van der Waals surface area contributed by atoms with Crippen molar-refractivity contribution in [3.8, 4) is 0 Å². The Kier molecular flexibility index (Phi) is 4.73. The normalized spacial score (nSPS) is 10.1. The summed E-state index contributed by atoms with van der Waals surface area (Å²) >= 11 is 0. The molecule has 0 saturated carbocycles. The van der Waals surface area contributed by atoms with Crippen molar-refractivity contribution < 1.29 is 0 Å². The molecule has 0 aliphatic carbocycles. The Morgan fingerprint density at radius 3 is 2.07 bits per heavy atom. The molecular formula is C13H16N. The van der Waals surface area contributed by atoms with Crippen LogP contribution in [0.4, 0.5) is 0 Å². The lowest BCUT2D eigenvalue weighted by atomic mass is 10.2. The third-order valence-corrected chi connectivity index (χ3v) is 1.86. The number of rotatable bonds is 6. The minimum Gasteiger partial charge on any atom is -0.287 e. The summed E-state index contributed by atoms with van der Waals surface area (Å²) in [5, 5.41) is 0. The zero-order valence-electron chi connectivity index (χ0n) is 8.39. The van der Waals surface area contributed by atoms with E-state index < -0.39 is 0 Å². The van der Waals surface area contributed by atoms with Crippen molar-refractivity contribution >= 4 is 0 Å². The second kappa shape index (κ2) is 6.17. The molecule has 0 spiro atoms. The lowest BCUT2D eigenvalue weighted by Crippen LogP contribution is -2.21. The van der Waals surface area contributed by atoms with E-state index in [2.05, 4.69) is 36.7 Å². The van der Waals surface area contributed by atoms with E-state index in [0.717, 1.165) is 13.1 Å². The first-order valence-electron chi connectivity index (χ1n) is 4.72. The second-order valence-electron chi connectivity index (χ2n) is 3.07. The first-order chi connectivity index (χ1) is 6.86. The quantitative estimate of drug-likeness (QED) is 0.617. The minimum atomic E-state index is 0.848. The summed E-state index contributed by atoms with van der Waals surface area (Å²) in [5.41, 5.74) is 1.20. The minimum absolute atomic E-state index is 0.848. The van der Waals surface area contributed by atoms with Gasteiger partial charge in [0.25, 0.3) is 0 Å². The van der Waals surface area contributed by atoms with Crippen molar-refractivity contribution in [1.82, 2.24) is 4.90 Å². The van der Waals surface area contributed by atoms with E-state index in [0.29, 0.717) is 0 Å². The molecule has 0 aliphatic rings. The Balaban J connectivity index is 2.54. The fraction of sp³-hybridized carbons (Fsp3) is 0.154. The highest BCUT2D eigenvalue weighted by atomic mass is 15.1. The van der Waals surface area contributed by atoms with Gasteiger partial charge in [0.05, 0.1) is 6.54 Å². The van der Waals surface area contributed by atoms with Crippen LogP contribution in [0.5, 0.6) is 0 Å². The van der Waals surface area contributed by atoms with Crippen molar-refractivity contribution in [3.63, 3.8) is 0 Å². The SMILES string of the molecule is C=CCN([CH]c1ccccc1)CC=C. The molecule has 0 atom stereocenters. The lowest BCUT2D eigenvalue weighted by Gasteiger charge is -2.17. The van der Waals surface area contributed by atoms with Crippen molar-refractivity contribution in [2.45, 2.75) is 0 Å². The summed E-state index contributed by atoms with van der Waals surface area (Å²) in [7, 11) is 0. The zero-order valence-corrected chi connectivity index (χ0v) is 8.39. The van der Waals surface area contributed by atoms with Gasteiger partial charge in [-0.15, -0.1) is 13.2 Å². The van der Waals surface area contributed by atoms with Gasteiger partial charge in [-0.1, -0.05) is 42.5 Å². The first-order valence-corrected chi connectivity index (χ1v) is 4.72. The molecule has 0 aliphatic heterocycles. The molecule has 0 aromatic heterocycles. The fourth-order valence-electron chi connectivity index (χ4n) is 1.26. The van der Waals surface area contributed by atoms with Crippen LogP contribution in [0, 0.1) is 6.54 Å². The Morgan fingerprint density at radius 2 is 1.57 bits per heavy atom. The topological polar surface area (TPSA) is 3.24 Å². The van der Waals surface area contributed by atoms with Gasteiger partial charge in [-0.05, 0) is 5.56 Å². The Morgan fingerprint density at radius 1 is 1.00 bits per heavy atom. The molecule has 1 aromatic rings. The number of hydrogen-bond acceptors (Lipinski definition) is 1. The van der Waals surface area contributed by atoms with E-state index >= 15 is 0 Å². The van der Waals surface area contributed by atoms with Crippen molar-refractivity contribution in [2.24, 2.45) is 0 Å². The molecule has 0 bridgehead atoms. The molecule has 0 saturated heterocycles. The molecule has 73 valence electrons. The largest absolute Gasteiger partial charge is 0.287 e. The molecule has 14 heavy (non-hydrogen) atoms. The number of nitrogens with zero attached hydrogens (tertiary/aromatic N) is 1. The van der Waals surface area contributed by atoms with Crippen LogP contribution in [0.3, 0.4) is 0 Å². The van der Waals surface area contributed by atoms with Gasteiger partial charge in [0, 0.05) is 13.1 Å². The van der Waals surface area contributed by atoms with E-state index in [1.54, 1.807) is 0 Å². The van der Waals surface area contributed by atoms with Gasteiger partial charge < -0.3 is 0 Å². The van der Waals surface area contributed by atoms with Crippen LogP contribution in [-0.4, -0.2) is 18.0 Å². The van der Waals surface area contributed by atoms with E-state index in [9.17, 15) is 0 Å². The maximum Gasteiger partial charge on any atom is 0.0552 e. The van der Waals surface area contributed by atoms with Gasteiger partial charge >= 0.3 is 0 Å². The highest BCUT2D eigenvalue weighted by Crippen LogP contribution is 2.06. The van der Waals surface area contributed by atoms with Crippen LogP contribution in [0.25, 0.3) is 0 Å². The zero-order chi connectivity index (χ0) is 10.2. The van der Waals surface area contributed by atoms with Gasteiger partial charge in [-0.25, -0.2) is 0 Å². The van der Waals surface area contributed by atoms with Crippen LogP contribution < -0.4 is 0 Å². The maximum atomic E-state index is 3.73. The van der Waals surface area contributed by atoms with E-state index in [4.69, 9.17) is 0 Å². The van der Waals surface area contributed by atoms with Gasteiger partial charge in [-0.2, -0.15) is 0 Å². The average Bonchev–Trinajstić information content (AvgIpc) is 2.20. The summed E-state index contributed by atoms with van der Waals surface area (Å²) < 4.78 is 0. The summed E-state index contributed by atoms with van der Waals surface area (Å²) in [6.07, 6.45) is 3.78. The van der Waals surface area contributed by atoms with Crippen molar-refractivity contribution in [3.05, 3.63) is 67.7 Å². The fourth-order valence-corrected chi connectivity index (χ4v) is 1.26. The molecule has 0 unspecified atom stereocenters. The molecule has 1 radical (unpaired) electrons. The van der Waals surface area contributed by atoms with Crippen LogP contribution in [0.15, 0.2) is 55.6 Å². The standard InChI is InChI=1S/C13H16N/c1-3-10-14(11-4-2)12-13-8-6-5-7-9-13/h3-9,12H,1-2,10-11H2. The lowest BCUT2D eigenvalue weighted by molar-refractivity contribution is 0.423. The van der Waals surface area contributed by atoms with Crippen molar-refractivity contribution in [2.75, 3.05) is 13.1 Å².